The molecular weight excluding hydrogens is 224 g/mol. The van der Waals surface area contributed by atoms with Gasteiger partial charge in [-0.25, -0.2) is 0 Å². The van der Waals surface area contributed by atoms with E-state index in [0.29, 0.717) is 0 Å². The van der Waals surface area contributed by atoms with Crippen LogP contribution in [0.5, 0.6) is 0 Å². The van der Waals surface area contributed by atoms with Gasteiger partial charge in [-0.3, -0.25) is 4.90 Å². The second kappa shape index (κ2) is 8.13. The summed E-state index contributed by atoms with van der Waals surface area (Å²) in [6.07, 6.45) is 7.06. The monoisotopic (exact) mass is 254 g/mol. The number of morpholine rings is 1. The average molecular weight is 254 g/mol. The summed E-state index contributed by atoms with van der Waals surface area (Å²) >= 11 is 0. The summed E-state index contributed by atoms with van der Waals surface area (Å²) in [7, 11) is 0. The van der Waals surface area contributed by atoms with Crippen LogP contribution in [0.1, 0.15) is 39.0 Å². The largest absolute Gasteiger partial charge is 0.379 e. The topological polar surface area (TPSA) is 24.5 Å². The number of nitrogens with one attached hydrogen (secondary N) is 1. The van der Waals surface area contributed by atoms with Crippen LogP contribution < -0.4 is 5.32 Å². The molecule has 1 aliphatic heterocycles. The first-order valence-corrected chi connectivity index (χ1v) is 7.85. The molecule has 1 aliphatic carbocycles. The Morgan fingerprint density at radius 1 is 1.22 bits per heavy atom. The molecule has 0 aromatic heterocycles. The van der Waals surface area contributed by atoms with E-state index in [4.69, 9.17) is 4.74 Å². The molecule has 2 unspecified atom stereocenters. The third-order valence-corrected chi connectivity index (χ3v) is 4.41. The van der Waals surface area contributed by atoms with E-state index in [0.717, 1.165) is 38.1 Å². The highest BCUT2D eigenvalue weighted by atomic mass is 16.5. The zero-order chi connectivity index (χ0) is 12.6. The van der Waals surface area contributed by atoms with Gasteiger partial charge in [0.1, 0.15) is 0 Å². The van der Waals surface area contributed by atoms with Gasteiger partial charge in [-0.05, 0) is 50.7 Å². The normalized spacial score (nSPS) is 30.5. The third-order valence-electron chi connectivity index (χ3n) is 4.41. The van der Waals surface area contributed by atoms with Crippen molar-refractivity contribution in [2.45, 2.75) is 39.0 Å². The molecule has 1 saturated heterocycles. The van der Waals surface area contributed by atoms with Crippen molar-refractivity contribution in [1.82, 2.24) is 10.2 Å². The van der Waals surface area contributed by atoms with E-state index in [1.165, 1.54) is 51.7 Å². The van der Waals surface area contributed by atoms with Gasteiger partial charge in [0.05, 0.1) is 13.2 Å². The highest BCUT2D eigenvalue weighted by molar-refractivity contribution is 4.72. The van der Waals surface area contributed by atoms with Crippen molar-refractivity contribution in [1.29, 1.82) is 0 Å². The predicted molar refractivity (Wildman–Crippen MR) is 75.9 cm³/mol. The Hall–Kier alpha value is -0.120. The molecule has 0 spiro atoms. The SMILES string of the molecule is CC1CCCC(CNCCCN2CCOCC2)C1. The first-order chi connectivity index (χ1) is 8.84. The Morgan fingerprint density at radius 3 is 2.83 bits per heavy atom. The minimum absolute atomic E-state index is 0.924. The minimum Gasteiger partial charge on any atom is -0.379 e. The molecule has 18 heavy (non-hydrogen) atoms. The van der Waals surface area contributed by atoms with Crippen LogP contribution >= 0.6 is 0 Å². The van der Waals surface area contributed by atoms with Crippen molar-refractivity contribution < 1.29 is 4.74 Å². The van der Waals surface area contributed by atoms with Gasteiger partial charge in [0.25, 0.3) is 0 Å². The molecule has 2 rings (SSSR count). The van der Waals surface area contributed by atoms with E-state index >= 15 is 0 Å². The Morgan fingerprint density at radius 2 is 2.06 bits per heavy atom. The maximum Gasteiger partial charge on any atom is 0.0594 e. The molecule has 0 radical (unpaired) electrons. The van der Waals surface area contributed by atoms with Crippen molar-refractivity contribution >= 4 is 0 Å². The first kappa shape index (κ1) is 14.3. The lowest BCUT2D eigenvalue weighted by atomic mass is 9.82. The number of ether oxygens (including phenoxy) is 1. The lowest BCUT2D eigenvalue weighted by Gasteiger charge is -2.28. The Kier molecular flexibility index (Phi) is 6.46. The van der Waals surface area contributed by atoms with Gasteiger partial charge in [-0.15, -0.1) is 0 Å². The van der Waals surface area contributed by atoms with Crippen LogP contribution in [0.25, 0.3) is 0 Å². The zero-order valence-corrected chi connectivity index (χ0v) is 12.0. The molecule has 2 aliphatic rings. The maximum atomic E-state index is 5.36. The van der Waals surface area contributed by atoms with E-state index < -0.39 is 0 Å². The van der Waals surface area contributed by atoms with E-state index in [2.05, 4.69) is 17.1 Å². The van der Waals surface area contributed by atoms with Crippen molar-refractivity contribution in [2.75, 3.05) is 45.9 Å². The fraction of sp³-hybridized carbons (Fsp3) is 1.00. The van der Waals surface area contributed by atoms with Crippen molar-refractivity contribution in [3.05, 3.63) is 0 Å². The molecule has 106 valence electrons. The summed E-state index contributed by atoms with van der Waals surface area (Å²) in [6.45, 7) is 10.2. The zero-order valence-electron chi connectivity index (χ0n) is 12.0. The molecule has 1 heterocycles. The van der Waals surface area contributed by atoms with Crippen LogP contribution in [0.4, 0.5) is 0 Å². The molecule has 2 fully saturated rings. The highest BCUT2D eigenvalue weighted by Gasteiger charge is 2.18. The molecule has 3 nitrogen and oxygen atoms in total. The summed E-state index contributed by atoms with van der Waals surface area (Å²) in [5.74, 6) is 1.90. The number of nitrogens with zero attached hydrogens (tertiary/aromatic N) is 1. The maximum absolute atomic E-state index is 5.36. The van der Waals surface area contributed by atoms with Crippen molar-refractivity contribution in [3.8, 4) is 0 Å². The van der Waals surface area contributed by atoms with E-state index in [9.17, 15) is 0 Å². The number of rotatable bonds is 6. The molecule has 0 bridgehead atoms. The van der Waals surface area contributed by atoms with E-state index in [1.807, 2.05) is 0 Å². The number of hydrogen-bond donors (Lipinski definition) is 1. The molecule has 0 amide bonds. The number of hydrogen-bond acceptors (Lipinski definition) is 3. The summed E-state index contributed by atoms with van der Waals surface area (Å²) in [6, 6.07) is 0. The van der Waals surface area contributed by atoms with Gasteiger partial charge >= 0.3 is 0 Å². The molecule has 3 heteroatoms. The van der Waals surface area contributed by atoms with Crippen LogP contribution in [0.15, 0.2) is 0 Å². The predicted octanol–water partition coefficient (Wildman–Crippen LogP) is 2.12. The molecule has 1 saturated carbocycles. The van der Waals surface area contributed by atoms with Gasteiger partial charge in [0, 0.05) is 13.1 Å². The van der Waals surface area contributed by atoms with Gasteiger partial charge in [-0.2, -0.15) is 0 Å². The average Bonchev–Trinajstić information content (AvgIpc) is 2.40. The summed E-state index contributed by atoms with van der Waals surface area (Å²) in [5.41, 5.74) is 0. The molecule has 0 aromatic carbocycles. The van der Waals surface area contributed by atoms with Crippen LogP contribution in [0.2, 0.25) is 0 Å². The van der Waals surface area contributed by atoms with Crippen LogP contribution in [-0.2, 0) is 4.74 Å². The molecular formula is C15H30N2O. The quantitative estimate of drug-likeness (QED) is 0.735. The Bertz CT molecular complexity index is 217. The fourth-order valence-corrected chi connectivity index (χ4v) is 3.30. The van der Waals surface area contributed by atoms with E-state index in [-0.39, 0.29) is 0 Å². The van der Waals surface area contributed by atoms with Gasteiger partial charge in [0.15, 0.2) is 0 Å². The van der Waals surface area contributed by atoms with Gasteiger partial charge in [0.2, 0.25) is 0 Å². The van der Waals surface area contributed by atoms with Crippen molar-refractivity contribution in [3.63, 3.8) is 0 Å². The molecule has 0 aromatic rings. The Labute approximate surface area is 112 Å². The highest BCUT2D eigenvalue weighted by Crippen LogP contribution is 2.27. The lowest BCUT2D eigenvalue weighted by molar-refractivity contribution is 0.0374. The summed E-state index contributed by atoms with van der Waals surface area (Å²) in [4.78, 5) is 2.52. The van der Waals surface area contributed by atoms with Crippen LogP contribution in [0.3, 0.4) is 0 Å². The van der Waals surface area contributed by atoms with Gasteiger partial charge < -0.3 is 10.1 Å². The first-order valence-electron chi connectivity index (χ1n) is 7.85. The standard InChI is InChI=1S/C15H30N2O/c1-14-4-2-5-15(12-14)13-16-6-3-7-17-8-10-18-11-9-17/h14-16H,2-13H2,1H3. The van der Waals surface area contributed by atoms with Crippen molar-refractivity contribution in [2.24, 2.45) is 11.8 Å². The smallest absolute Gasteiger partial charge is 0.0594 e. The Balaban J connectivity index is 1.45. The van der Waals surface area contributed by atoms with Crippen LogP contribution in [-0.4, -0.2) is 50.8 Å². The van der Waals surface area contributed by atoms with Crippen LogP contribution in [0, 0.1) is 11.8 Å². The molecule has 2 atom stereocenters. The minimum atomic E-state index is 0.924. The summed E-state index contributed by atoms with van der Waals surface area (Å²) < 4.78 is 5.36. The fourth-order valence-electron chi connectivity index (χ4n) is 3.30. The lowest BCUT2D eigenvalue weighted by Crippen LogP contribution is -2.38. The molecule has 1 N–H and O–H groups in total. The third kappa shape index (κ3) is 5.25. The second-order valence-corrected chi connectivity index (χ2v) is 6.15. The van der Waals surface area contributed by atoms with Gasteiger partial charge in [-0.1, -0.05) is 19.8 Å². The second-order valence-electron chi connectivity index (χ2n) is 6.15. The summed E-state index contributed by atoms with van der Waals surface area (Å²) in [5, 5.41) is 3.66. The van der Waals surface area contributed by atoms with E-state index in [1.54, 1.807) is 0 Å².